The highest BCUT2D eigenvalue weighted by Crippen LogP contribution is 2.12. The Balaban J connectivity index is 2.74. The molecule has 0 aliphatic carbocycles. The Bertz CT molecular complexity index is 445. The van der Waals surface area contributed by atoms with Crippen molar-refractivity contribution in [2.45, 2.75) is 26.4 Å². The number of rotatable bonds is 1. The van der Waals surface area contributed by atoms with Crippen molar-refractivity contribution in [3.63, 3.8) is 0 Å². The number of amides is 1. The number of aromatic hydroxyl groups is 1. The molecule has 3 N–H and O–H groups in total. The SMILES string of the molecule is CC(C)(C)OC(=O)Nc1cc(O)cc(=O)[nH]1. The van der Waals surface area contributed by atoms with Gasteiger partial charge in [0.15, 0.2) is 0 Å². The van der Waals surface area contributed by atoms with E-state index in [1.54, 1.807) is 20.8 Å². The zero-order valence-corrected chi connectivity index (χ0v) is 9.33. The van der Waals surface area contributed by atoms with Crippen molar-refractivity contribution in [3.05, 3.63) is 22.5 Å². The Morgan fingerprint density at radius 2 is 2.06 bits per heavy atom. The molecule has 1 rings (SSSR count). The Morgan fingerprint density at radius 3 is 2.56 bits per heavy atom. The Kier molecular flexibility index (Phi) is 3.22. The number of hydrogen-bond acceptors (Lipinski definition) is 4. The molecule has 0 aliphatic heterocycles. The van der Waals surface area contributed by atoms with Crippen LogP contribution in [0.25, 0.3) is 0 Å². The number of nitrogens with one attached hydrogen (secondary N) is 2. The fourth-order valence-corrected chi connectivity index (χ4v) is 1.01. The Hall–Kier alpha value is -1.98. The van der Waals surface area contributed by atoms with E-state index in [0.717, 1.165) is 6.07 Å². The van der Waals surface area contributed by atoms with Crippen LogP contribution in [-0.2, 0) is 4.74 Å². The molecule has 0 aliphatic rings. The number of hydrogen-bond donors (Lipinski definition) is 3. The van der Waals surface area contributed by atoms with Crippen LogP contribution < -0.4 is 10.9 Å². The van der Waals surface area contributed by atoms with E-state index in [1.807, 2.05) is 0 Å². The van der Waals surface area contributed by atoms with E-state index in [0.29, 0.717) is 0 Å². The lowest BCUT2D eigenvalue weighted by Gasteiger charge is -2.19. The zero-order valence-electron chi connectivity index (χ0n) is 9.33. The molecular weight excluding hydrogens is 212 g/mol. The van der Waals surface area contributed by atoms with Crippen LogP contribution in [0.3, 0.4) is 0 Å². The maximum Gasteiger partial charge on any atom is 0.413 e. The number of pyridine rings is 1. The van der Waals surface area contributed by atoms with E-state index < -0.39 is 17.3 Å². The van der Waals surface area contributed by atoms with Gasteiger partial charge in [0.1, 0.15) is 17.2 Å². The van der Waals surface area contributed by atoms with Crippen LogP contribution in [0.15, 0.2) is 16.9 Å². The van der Waals surface area contributed by atoms with Crippen molar-refractivity contribution < 1.29 is 14.6 Å². The lowest BCUT2D eigenvalue weighted by atomic mass is 10.2. The third kappa shape index (κ3) is 4.04. The molecular formula is C10H14N2O4. The minimum absolute atomic E-state index is 0.0826. The molecule has 0 atom stereocenters. The molecule has 6 nitrogen and oxygen atoms in total. The number of anilines is 1. The van der Waals surface area contributed by atoms with Gasteiger partial charge in [0.25, 0.3) is 5.56 Å². The fourth-order valence-electron chi connectivity index (χ4n) is 1.01. The quantitative estimate of drug-likeness (QED) is 0.675. The van der Waals surface area contributed by atoms with Crippen LogP contribution >= 0.6 is 0 Å². The molecule has 1 aromatic heterocycles. The first-order chi connectivity index (χ1) is 7.26. The summed E-state index contributed by atoms with van der Waals surface area (Å²) in [5.41, 5.74) is -1.13. The second-order valence-corrected chi connectivity index (χ2v) is 4.24. The molecule has 1 aromatic rings. The van der Waals surface area contributed by atoms with Crippen LogP contribution in [-0.4, -0.2) is 21.8 Å². The normalized spacial score (nSPS) is 10.9. The average Bonchev–Trinajstić information content (AvgIpc) is 1.96. The lowest BCUT2D eigenvalue weighted by Crippen LogP contribution is -2.28. The predicted octanol–water partition coefficient (Wildman–Crippen LogP) is 1.43. The van der Waals surface area contributed by atoms with Gasteiger partial charge in [0.2, 0.25) is 0 Å². The van der Waals surface area contributed by atoms with Gasteiger partial charge < -0.3 is 14.8 Å². The number of ether oxygens (including phenoxy) is 1. The standard InChI is InChI=1S/C10H14N2O4/c1-10(2,3)16-9(15)12-7-4-6(13)5-8(14)11-7/h4-5H,1-3H3,(H3,11,12,13,14,15). The molecule has 16 heavy (non-hydrogen) atoms. The van der Waals surface area contributed by atoms with Crippen molar-refractivity contribution in [3.8, 4) is 5.75 Å². The number of aromatic amines is 1. The lowest BCUT2D eigenvalue weighted by molar-refractivity contribution is 0.0635. The topological polar surface area (TPSA) is 91.4 Å². The highest BCUT2D eigenvalue weighted by Gasteiger charge is 2.16. The van der Waals surface area contributed by atoms with Gasteiger partial charge >= 0.3 is 6.09 Å². The molecule has 1 amide bonds. The minimum atomic E-state index is -0.700. The molecule has 0 radical (unpaired) electrons. The maximum absolute atomic E-state index is 11.3. The number of H-pyrrole nitrogens is 1. The second-order valence-electron chi connectivity index (χ2n) is 4.24. The van der Waals surface area contributed by atoms with Gasteiger partial charge in [-0.1, -0.05) is 0 Å². The van der Waals surface area contributed by atoms with Gasteiger partial charge in [-0.15, -0.1) is 0 Å². The van der Waals surface area contributed by atoms with E-state index in [4.69, 9.17) is 9.84 Å². The number of carbonyl (C=O) groups excluding carboxylic acids is 1. The molecule has 6 heteroatoms. The maximum atomic E-state index is 11.3. The van der Waals surface area contributed by atoms with Crippen molar-refractivity contribution in [2.24, 2.45) is 0 Å². The van der Waals surface area contributed by atoms with Crippen molar-refractivity contribution >= 4 is 11.9 Å². The van der Waals surface area contributed by atoms with Gasteiger partial charge in [-0.25, -0.2) is 4.79 Å². The molecule has 0 spiro atoms. The summed E-state index contributed by atoms with van der Waals surface area (Å²) in [6, 6.07) is 2.21. The molecule has 0 bridgehead atoms. The predicted molar refractivity (Wildman–Crippen MR) is 58.6 cm³/mol. The first kappa shape index (κ1) is 12.1. The molecule has 0 fully saturated rings. The van der Waals surface area contributed by atoms with Gasteiger partial charge in [-0.2, -0.15) is 0 Å². The largest absolute Gasteiger partial charge is 0.508 e. The van der Waals surface area contributed by atoms with Gasteiger partial charge in [-0.05, 0) is 20.8 Å². The van der Waals surface area contributed by atoms with Crippen molar-refractivity contribution in [1.29, 1.82) is 0 Å². The summed E-state index contributed by atoms with van der Waals surface area (Å²) in [5.74, 6) is -0.144. The molecule has 1 heterocycles. The smallest absolute Gasteiger partial charge is 0.413 e. The summed E-state index contributed by atoms with van der Waals surface area (Å²) in [4.78, 5) is 24.6. The van der Waals surface area contributed by atoms with E-state index in [1.165, 1.54) is 6.07 Å². The molecule has 88 valence electrons. The summed E-state index contributed by atoms with van der Waals surface area (Å²) >= 11 is 0. The molecule has 0 unspecified atom stereocenters. The van der Waals surface area contributed by atoms with E-state index in [9.17, 15) is 9.59 Å². The van der Waals surface area contributed by atoms with Gasteiger partial charge in [-0.3, -0.25) is 10.1 Å². The fraction of sp³-hybridized carbons (Fsp3) is 0.400. The first-order valence-corrected chi connectivity index (χ1v) is 4.69. The highest BCUT2D eigenvalue weighted by molar-refractivity contribution is 5.83. The summed E-state index contributed by atoms with van der Waals surface area (Å²) in [5, 5.41) is 11.4. The summed E-state index contributed by atoms with van der Waals surface area (Å²) < 4.78 is 4.97. The zero-order chi connectivity index (χ0) is 12.3. The van der Waals surface area contributed by atoms with Crippen LogP contribution in [0.5, 0.6) is 5.75 Å². The van der Waals surface area contributed by atoms with Gasteiger partial charge in [0.05, 0.1) is 0 Å². The molecule has 0 aromatic carbocycles. The minimum Gasteiger partial charge on any atom is -0.508 e. The van der Waals surface area contributed by atoms with Gasteiger partial charge in [0, 0.05) is 12.1 Å². The third-order valence-corrected chi connectivity index (χ3v) is 1.46. The monoisotopic (exact) mass is 226 g/mol. The summed E-state index contributed by atoms with van der Waals surface area (Å²) in [7, 11) is 0. The Morgan fingerprint density at radius 1 is 1.44 bits per heavy atom. The van der Waals surface area contributed by atoms with Crippen LogP contribution in [0, 0.1) is 0 Å². The van der Waals surface area contributed by atoms with E-state index >= 15 is 0 Å². The van der Waals surface area contributed by atoms with E-state index in [-0.39, 0.29) is 11.6 Å². The third-order valence-electron chi connectivity index (χ3n) is 1.46. The van der Waals surface area contributed by atoms with Crippen LogP contribution in [0.4, 0.5) is 10.6 Å². The van der Waals surface area contributed by atoms with Crippen LogP contribution in [0.1, 0.15) is 20.8 Å². The van der Waals surface area contributed by atoms with E-state index in [2.05, 4.69) is 10.3 Å². The first-order valence-electron chi connectivity index (χ1n) is 4.69. The number of aromatic nitrogens is 1. The molecule has 0 saturated heterocycles. The Labute approximate surface area is 92.3 Å². The summed E-state index contributed by atoms with van der Waals surface area (Å²) in [6.07, 6.45) is -0.700. The average molecular weight is 226 g/mol. The summed E-state index contributed by atoms with van der Waals surface area (Å²) in [6.45, 7) is 5.16. The van der Waals surface area contributed by atoms with Crippen molar-refractivity contribution in [1.82, 2.24) is 4.98 Å². The number of carbonyl (C=O) groups is 1. The molecule has 0 saturated carbocycles. The highest BCUT2D eigenvalue weighted by atomic mass is 16.6. The van der Waals surface area contributed by atoms with Crippen LogP contribution in [0.2, 0.25) is 0 Å². The van der Waals surface area contributed by atoms with Crippen molar-refractivity contribution in [2.75, 3.05) is 5.32 Å². The second kappa shape index (κ2) is 4.26.